The van der Waals surface area contributed by atoms with Crippen molar-refractivity contribution in [1.82, 2.24) is 4.90 Å². The van der Waals surface area contributed by atoms with E-state index in [1.165, 1.54) is 38.5 Å². The maximum atomic E-state index is 12.1. The van der Waals surface area contributed by atoms with Crippen molar-refractivity contribution >= 4 is 15.5 Å². The van der Waals surface area contributed by atoms with Crippen LogP contribution in [0.15, 0.2) is 23.1 Å². The van der Waals surface area contributed by atoms with Crippen molar-refractivity contribution < 1.29 is 8.42 Å². The Morgan fingerprint density at radius 3 is 2.45 bits per heavy atom. The molecule has 0 amide bonds. The number of rotatable bonds is 5. The molecule has 6 heteroatoms. The lowest BCUT2D eigenvalue weighted by atomic mass is 9.82. The van der Waals surface area contributed by atoms with Gasteiger partial charge in [0.05, 0.1) is 10.5 Å². The highest BCUT2D eigenvalue weighted by Crippen LogP contribution is 2.32. The van der Waals surface area contributed by atoms with Crippen LogP contribution in [0.2, 0.25) is 0 Å². The van der Waals surface area contributed by atoms with Gasteiger partial charge in [-0.15, -0.1) is 0 Å². The summed E-state index contributed by atoms with van der Waals surface area (Å²) >= 11 is 0. The summed E-state index contributed by atoms with van der Waals surface area (Å²) < 4.78 is 24.3. The van der Waals surface area contributed by atoms with Gasteiger partial charge < -0.3 is 4.90 Å². The molecule has 1 aliphatic carbocycles. The SMILES string of the molecule is CC1CCC(CN2CCN(c3ccc(C#N)c(S(C)(=O)=O)c3)C[C@@H]2C(C)C)CC1. The zero-order chi connectivity index (χ0) is 21.2. The number of anilines is 1. The highest BCUT2D eigenvalue weighted by molar-refractivity contribution is 7.90. The van der Waals surface area contributed by atoms with Crippen LogP contribution in [0, 0.1) is 29.1 Å². The first-order chi connectivity index (χ1) is 13.7. The molecule has 0 aromatic heterocycles. The van der Waals surface area contributed by atoms with Gasteiger partial charge in [-0.2, -0.15) is 5.26 Å². The van der Waals surface area contributed by atoms with E-state index in [-0.39, 0.29) is 10.5 Å². The Morgan fingerprint density at radius 2 is 1.86 bits per heavy atom. The number of sulfone groups is 1. The predicted molar refractivity (Wildman–Crippen MR) is 118 cm³/mol. The molecule has 1 aliphatic heterocycles. The first kappa shape index (κ1) is 22.1. The largest absolute Gasteiger partial charge is 0.369 e. The first-order valence-corrected chi connectivity index (χ1v) is 12.8. The molecule has 1 saturated heterocycles. The molecule has 0 spiro atoms. The fraction of sp³-hybridized carbons (Fsp3) is 0.696. The number of hydrogen-bond donors (Lipinski definition) is 0. The molecule has 0 bridgehead atoms. The molecule has 160 valence electrons. The van der Waals surface area contributed by atoms with Gasteiger partial charge in [-0.05, 0) is 48.8 Å². The van der Waals surface area contributed by atoms with Gasteiger partial charge in [0.1, 0.15) is 6.07 Å². The Labute approximate surface area is 176 Å². The van der Waals surface area contributed by atoms with E-state index >= 15 is 0 Å². The van der Waals surface area contributed by atoms with Gasteiger partial charge in [0, 0.05) is 44.2 Å². The molecule has 0 N–H and O–H groups in total. The summed E-state index contributed by atoms with van der Waals surface area (Å²) in [5.74, 6) is 2.23. The predicted octanol–water partition coefficient (Wildman–Crippen LogP) is 3.93. The van der Waals surface area contributed by atoms with E-state index in [9.17, 15) is 13.7 Å². The van der Waals surface area contributed by atoms with E-state index in [2.05, 4.69) is 30.6 Å². The Hall–Kier alpha value is -1.58. The molecule has 5 nitrogen and oxygen atoms in total. The van der Waals surface area contributed by atoms with Crippen LogP contribution in [-0.4, -0.2) is 51.8 Å². The number of nitrogens with zero attached hydrogens (tertiary/aromatic N) is 3. The van der Waals surface area contributed by atoms with E-state index in [0.717, 1.165) is 37.2 Å². The summed E-state index contributed by atoms with van der Waals surface area (Å²) in [7, 11) is -3.43. The molecule has 1 saturated carbocycles. The molecule has 3 rings (SSSR count). The summed E-state index contributed by atoms with van der Waals surface area (Å²) in [4.78, 5) is 5.10. The minimum absolute atomic E-state index is 0.136. The summed E-state index contributed by atoms with van der Waals surface area (Å²) in [5, 5.41) is 9.27. The Morgan fingerprint density at radius 1 is 1.17 bits per heavy atom. The topological polar surface area (TPSA) is 64.4 Å². The molecule has 0 unspecified atom stereocenters. The smallest absolute Gasteiger partial charge is 0.176 e. The standard InChI is InChI=1S/C23H35N3O2S/c1-17(2)22-16-25(11-12-26(22)15-19-7-5-18(3)6-8-19)21-10-9-20(14-24)23(13-21)29(4,27)28/h9-10,13,17-19,22H,5-8,11-12,15-16H2,1-4H3/t18?,19?,22-/m1/s1. The van der Waals surface area contributed by atoms with Gasteiger partial charge in [-0.25, -0.2) is 8.42 Å². The van der Waals surface area contributed by atoms with Crippen LogP contribution >= 0.6 is 0 Å². The van der Waals surface area contributed by atoms with Crippen LogP contribution in [0.1, 0.15) is 52.0 Å². The second-order valence-corrected chi connectivity index (χ2v) is 11.4. The van der Waals surface area contributed by atoms with E-state index in [1.807, 2.05) is 12.1 Å². The monoisotopic (exact) mass is 417 g/mol. The van der Waals surface area contributed by atoms with E-state index in [1.54, 1.807) is 12.1 Å². The zero-order valence-corrected chi connectivity index (χ0v) is 19.1. The van der Waals surface area contributed by atoms with Crippen molar-refractivity contribution in [1.29, 1.82) is 5.26 Å². The average molecular weight is 418 g/mol. The summed E-state index contributed by atoms with van der Waals surface area (Å²) in [6, 6.07) is 7.69. The van der Waals surface area contributed by atoms with E-state index in [0.29, 0.717) is 12.0 Å². The third-order valence-electron chi connectivity index (χ3n) is 6.78. The van der Waals surface area contributed by atoms with Crippen molar-refractivity contribution in [3.63, 3.8) is 0 Å². The third kappa shape index (κ3) is 5.32. The van der Waals surface area contributed by atoms with Crippen molar-refractivity contribution in [2.24, 2.45) is 17.8 Å². The van der Waals surface area contributed by atoms with Crippen molar-refractivity contribution in [3.05, 3.63) is 23.8 Å². The van der Waals surface area contributed by atoms with Crippen LogP contribution in [0.5, 0.6) is 0 Å². The molecule has 2 aliphatic rings. The van der Waals surface area contributed by atoms with Gasteiger partial charge in [-0.3, -0.25) is 4.90 Å². The molecule has 2 fully saturated rings. The molecular formula is C23H35N3O2S. The van der Waals surface area contributed by atoms with Crippen molar-refractivity contribution in [2.75, 3.05) is 37.3 Å². The number of nitriles is 1. The lowest BCUT2D eigenvalue weighted by Crippen LogP contribution is -2.56. The Balaban J connectivity index is 1.75. The summed E-state index contributed by atoms with van der Waals surface area (Å²) in [5.41, 5.74) is 1.13. The second kappa shape index (κ2) is 9.06. The highest BCUT2D eigenvalue weighted by atomic mass is 32.2. The molecule has 0 radical (unpaired) electrons. The maximum absolute atomic E-state index is 12.1. The molecule has 29 heavy (non-hydrogen) atoms. The normalized spacial score (nSPS) is 26.5. The Kier molecular flexibility index (Phi) is 6.90. The number of benzene rings is 1. The molecule has 1 atom stereocenters. The third-order valence-corrected chi connectivity index (χ3v) is 7.92. The first-order valence-electron chi connectivity index (χ1n) is 10.9. The van der Waals surface area contributed by atoms with Gasteiger partial charge in [0.15, 0.2) is 9.84 Å². The van der Waals surface area contributed by atoms with Crippen molar-refractivity contribution in [2.45, 2.75) is 57.4 Å². The lowest BCUT2D eigenvalue weighted by Gasteiger charge is -2.46. The average Bonchev–Trinajstić information content (AvgIpc) is 2.68. The molecule has 1 heterocycles. The minimum atomic E-state index is -3.43. The fourth-order valence-corrected chi connectivity index (χ4v) is 5.74. The quantitative estimate of drug-likeness (QED) is 0.726. The lowest BCUT2D eigenvalue weighted by molar-refractivity contribution is 0.101. The van der Waals surface area contributed by atoms with Gasteiger partial charge in [0.2, 0.25) is 0 Å². The van der Waals surface area contributed by atoms with Gasteiger partial charge >= 0.3 is 0 Å². The van der Waals surface area contributed by atoms with Crippen LogP contribution in [0.3, 0.4) is 0 Å². The summed E-state index contributed by atoms with van der Waals surface area (Å²) in [6.45, 7) is 10.9. The Bertz CT molecular complexity index is 851. The number of piperazine rings is 1. The van der Waals surface area contributed by atoms with Crippen molar-refractivity contribution in [3.8, 4) is 6.07 Å². The highest BCUT2D eigenvalue weighted by Gasteiger charge is 2.32. The van der Waals surface area contributed by atoms with Crippen LogP contribution < -0.4 is 4.90 Å². The molecule has 1 aromatic rings. The number of hydrogen-bond acceptors (Lipinski definition) is 5. The van der Waals surface area contributed by atoms with E-state index in [4.69, 9.17) is 0 Å². The van der Waals surface area contributed by atoms with Crippen LogP contribution in [-0.2, 0) is 9.84 Å². The summed E-state index contributed by atoms with van der Waals surface area (Å²) in [6.07, 6.45) is 6.58. The zero-order valence-electron chi connectivity index (χ0n) is 18.3. The van der Waals surface area contributed by atoms with Crippen LogP contribution in [0.4, 0.5) is 5.69 Å². The minimum Gasteiger partial charge on any atom is -0.369 e. The molecular weight excluding hydrogens is 382 g/mol. The second-order valence-electron chi connectivity index (χ2n) is 9.44. The van der Waals surface area contributed by atoms with Crippen LogP contribution in [0.25, 0.3) is 0 Å². The van der Waals surface area contributed by atoms with Gasteiger partial charge in [0.25, 0.3) is 0 Å². The molecule has 1 aromatic carbocycles. The van der Waals surface area contributed by atoms with E-state index < -0.39 is 9.84 Å². The fourth-order valence-electron chi connectivity index (χ4n) is 4.89. The van der Waals surface area contributed by atoms with Gasteiger partial charge in [-0.1, -0.05) is 33.6 Å². The maximum Gasteiger partial charge on any atom is 0.176 e.